The highest BCUT2D eigenvalue weighted by Gasteiger charge is 2.21. The number of benzene rings is 2. The molecule has 28 heavy (non-hydrogen) atoms. The van der Waals surface area contributed by atoms with Crippen molar-refractivity contribution in [2.24, 2.45) is 0 Å². The summed E-state index contributed by atoms with van der Waals surface area (Å²) in [7, 11) is 0. The molecule has 0 aliphatic carbocycles. The fourth-order valence-corrected chi connectivity index (χ4v) is 4.57. The van der Waals surface area contributed by atoms with Crippen molar-refractivity contribution in [1.29, 1.82) is 0 Å². The molecule has 0 radical (unpaired) electrons. The molecule has 0 spiro atoms. The van der Waals surface area contributed by atoms with Gasteiger partial charge in [0.05, 0.1) is 25.4 Å². The van der Waals surface area contributed by atoms with Gasteiger partial charge < -0.3 is 14.9 Å². The zero-order valence-electron chi connectivity index (χ0n) is 16.0. The Balaban J connectivity index is 0.00000280. The van der Waals surface area contributed by atoms with Gasteiger partial charge in [0, 0.05) is 30.6 Å². The number of aliphatic hydroxyl groups is 2. The SMILES string of the molecule is Cl.OC(CSC(CC(O)c1ccccc1)c1ccccc1)CN1CCOCC1. The Bertz CT molecular complexity index is 655. The minimum absolute atomic E-state index is 0. The summed E-state index contributed by atoms with van der Waals surface area (Å²) in [5.74, 6) is 0.651. The molecule has 1 heterocycles. The average molecular weight is 424 g/mol. The Labute approximate surface area is 178 Å². The smallest absolute Gasteiger partial charge is 0.0803 e. The minimum atomic E-state index is -0.514. The maximum absolute atomic E-state index is 10.7. The van der Waals surface area contributed by atoms with Gasteiger partial charge in [0.25, 0.3) is 0 Å². The summed E-state index contributed by atoms with van der Waals surface area (Å²) in [6.07, 6.45) is -0.267. The Morgan fingerprint density at radius 1 is 0.893 bits per heavy atom. The van der Waals surface area contributed by atoms with Gasteiger partial charge in [-0.2, -0.15) is 11.8 Å². The summed E-state index contributed by atoms with van der Waals surface area (Å²) in [5.41, 5.74) is 2.13. The van der Waals surface area contributed by atoms with E-state index >= 15 is 0 Å². The van der Waals surface area contributed by atoms with E-state index in [9.17, 15) is 10.2 Å². The molecular weight excluding hydrogens is 394 g/mol. The van der Waals surface area contributed by atoms with E-state index in [2.05, 4.69) is 17.0 Å². The van der Waals surface area contributed by atoms with Crippen molar-refractivity contribution < 1.29 is 14.9 Å². The second kappa shape index (κ2) is 12.5. The van der Waals surface area contributed by atoms with Crippen LogP contribution in [0.25, 0.3) is 0 Å². The number of aliphatic hydroxyl groups excluding tert-OH is 2. The molecule has 2 aromatic rings. The second-order valence-electron chi connectivity index (χ2n) is 6.96. The van der Waals surface area contributed by atoms with Crippen LogP contribution in [-0.4, -0.2) is 59.8 Å². The van der Waals surface area contributed by atoms with Gasteiger partial charge in [0.1, 0.15) is 0 Å². The summed E-state index contributed by atoms with van der Waals surface area (Å²) in [6, 6.07) is 20.1. The van der Waals surface area contributed by atoms with Crippen molar-refractivity contribution in [3.05, 3.63) is 71.8 Å². The third-order valence-electron chi connectivity index (χ3n) is 4.86. The Hall–Kier alpha value is -1.08. The van der Waals surface area contributed by atoms with E-state index in [4.69, 9.17) is 4.74 Å². The molecule has 1 saturated heterocycles. The number of β-amino-alcohol motifs (C(OH)–C–C–N with tert-alkyl or cyclic N) is 1. The van der Waals surface area contributed by atoms with Gasteiger partial charge in [-0.05, 0) is 17.5 Å². The predicted molar refractivity (Wildman–Crippen MR) is 118 cm³/mol. The Kier molecular flexibility index (Phi) is 10.3. The van der Waals surface area contributed by atoms with Crippen LogP contribution in [-0.2, 0) is 4.74 Å². The van der Waals surface area contributed by atoms with Crippen LogP contribution in [0.3, 0.4) is 0 Å². The number of hydrogen-bond acceptors (Lipinski definition) is 5. The largest absolute Gasteiger partial charge is 0.391 e. The lowest BCUT2D eigenvalue weighted by atomic mass is 10.0. The van der Waals surface area contributed by atoms with Crippen molar-refractivity contribution in [1.82, 2.24) is 4.90 Å². The maximum atomic E-state index is 10.7. The highest BCUT2D eigenvalue weighted by molar-refractivity contribution is 7.99. The molecule has 2 N–H and O–H groups in total. The number of thioether (sulfide) groups is 1. The monoisotopic (exact) mass is 423 g/mol. The number of nitrogens with zero attached hydrogens (tertiary/aromatic N) is 1. The lowest BCUT2D eigenvalue weighted by Crippen LogP contribution is -2.41. The molecule has 4 nitrogen and oxygen atoms in total. The molecule has 154 valence electrons. The van der Waals surface area contributed by atoms with Crippen LogP contribution in [0.15, 0.2) is 60.7 Å². The zero-order chi connectivity index (χ0) is 18.9. The van der Waals surface area contributed by atoms with Gasteiger partial charge in [0.2, 0.25) is 0 Å². The molecule has 0 aromatic heterocycles. The lowest BCUT2D eigenvalue weighted by Gasteiger charge is -2.29. The normalized spacial score (nSPS) is 18.1. The van der Waals surface area contributed by atoms with Gasteiger partial charge in [0.15, 0.2) is 0 Å². The van der Waals surface area contributed by atoms with E-state index in [1.54, 1.807) is 11.8 Å². The van der Waals surface area contributed by atoms with Crippen LogP contribution in [0.1, 0.15) is 28.9 Å². The zero-order valence-corrected chi connectivity index (χ0v) is 17.7. The summed E-state index contributed by atoms with van der Waals surface area (Å²) in [6.45, 7) is 3.94. The highest BCUT2D eigenvalue weighted by Crippen LogP contribution is 2.37. The van der Waals surface area contributed by atoms with Crippen LogP contribution in [0, 0.1) is 0 Å². The van der Waals surface area contributed by atoms with E-state index in [1.165, 1.54) is 5.56 Å². The maximum Gasteiger partial charge on any atom is 0.0803 e. The van der Waals surface area contributed by atoms with E-state index in [-0.39, 0.29) is 23.8 Å². The summed E-state index contributed by atoms with van der Waals surface area (Å²) < 4.78 is 5.37. The fourth-order valence-electron chi connectivity index (χ4n) is 3.34. The van der Waals surface area contributed by atoms with Gasteiger partial charge in [-0.3, -0.25) is 4.90 Å². The van der Waals surface area contributed by atoms with Crippen molar-refractivity contribution in [2.45, 2.75) is 23.9 Å². The van der Waals surface area contributed by atoms with Crippen LogP contribution < -0.4 is 0 Å². The standard InChI is InChI=1S/C22H29NO3S.ClH/c24-20(16-23-11-13-26-14-12-23)17-27-22(19-9-5-2-6-10-19)15-21(25)18-7-3-1-4-8-18;/h1-10,20-22,24-25H,11-17H2;1H. The summed E-state index contributed by atoms with van der Waals surface area (Å²) in [5, 5.41) is 21.3. The van der Waals surface area contributed by atoms with E-state index in [1.807, 2.05) is 48.5 Å². The van der Waals surface area contributed by atoms with E-state index in [0.717, 1.165) is 31.9 Å². The average Bonchev–Trinajstić information content (AvgIpc) is 2.73. The molecule has 1 aliphatic heterocycles. The third-order valence-corrected chi connectivity index (χ3v) is 6.30. The van der Waals surface area contributed by atoms with Crippen LogP contribution in [0.4, 0.5) is 0 Å². The highest BCUT2D eigenvalue weighted by atomic mass is 35.5. The minimum Gasteiger partial charge on any atom is -0.391 e. The molecule has 3 unspecified atom stereocenters. The summed E-state index contributed by atoms with van der Waals surface area (Å²) in [4.78, 5) is 2.26. The topological polar surface area (TPSA) is 52.9 Å². The Morgan fingerprint density at radius 2 is 1.46 bits per heavy atom. The first-order valence-corrected chi connectivity index (χ1v) is 10.6. The van der Waals surface area contributed by atoms with Crippen molar-refractivity contribution in [2.75, 3.05) is 38.6 Å². The van der Waals surface area contributed by atoms with Gasteiger partial charge in [-0.1, -0.05) is 60.7 Å². The molecule has 3 rings (SSSR count). The molecule has 3 atom stereocenters. The fraction of sp³-hybridized carbons (Fsp3) is 0.455. The Morgan fingerprint density at radius 3 is 2.07 bits per heavy atom. The number of morpholine rings is 1. The predicted octanol–water partition coefficient (Wildman–Crippen LogP) is 3.70. The van der Waals surface area contributed by atoms with E-state index in [0.29, 0.717) is 18.7 Å². The molecule has 0 saturated carbocycles. The van der Waals surface area contributed by atoms with E-state index < -0.39 is 6.10 Å². The van der Waals surface area contributed by atoms with Crippen LogP contribution >= 0.6 is 24.2 Å². The number of halogens is 1. The molecule has 6 heteroatoms. The molecule has 1 aliphatic rings. The molecule has 1 fully saturated rings. The van der Waals surface area contributed by atoms with Crippen LogP contribution in [0.2, 0.25) is 0 Å². The second-order valence-corrected chi connectivity index (χ2v) is 8.20. The van der Waals surface area contributed by atoms with Gasteiger partial charge in [-0.15, -0.1) is 12.4 Å². The first-order valence-electron chi connectivity index (χ1n) is 9.60. The quantitative estimate of drug-likeness (QED) is 0.644. The summed E-state index contributed by atoms with van der Waals surface area (Å²) >= 11 is 1.73. The molecular formula is C22H30ClNO3S. The van der Waals surface area contributed by atoms with Gasteiger partial charge >= 0.3 is 0 Å². The third kappa shape index (κ3) is 7.39. The van der Waals surface area contributed by atoms with Crippen molar-refractivity contribution >= 4 is 24.2 Å². The number of ether oxygens (including phenoxy) is 1. The van der Waals surface area contributed by atoms with Crippen LogP contribution in [0.5, 0.6) is 0 Å². The molecule has 2 aromatic carbocycles. The van der Waals surface area contributed by atoms with Crippen molar-refractivity contribution in [3.8, 4) is 0 Å². The number of rotatable bonds is 9. The first kappa shape index (κ1) is 23.2. The lowest BCUT2D eigenvalue weighted by molar-refractivity contribution is 0.0188. The molecule has 0 bridgehead atoms. The number of hydrogen-bond donors (Lipinski definition) is 2. The first-order chi connectivity index (χ1) is 13.2. The molecule has 0 amide bonds. The van der Waals surface area contributed by atoms with Gasteiger partial charge in [-0.25, -0.2) is 0 Å². The van der Waals surface area contributed by atoms with Crippen molar-refractivity contribution in [3.63, 3.8) is 0 Å².